The molecule has 0 unspecified atom stereocenters. The third-order valence-corrected chi connectivity index (χ3v) is 6.63. The molecule has 0 fully saturated rings. The Balaban J connectivity index is 1.68. The first kappa shape index (κ1) is 15.5. The number of halogens is 1. The van der Waals surface area contributed by atoms with Crippen molar-refractivity contribution < 1.29 is 0 Å². The molecule has 122 valence electrons. The second-order valence-electron chi connectivity index (χ2n) is 5.79. The zero-order valence-corrected chi connectivity index (χ0v) is 16.5. The summed E-state index contributed by atoms with van der Waals surface area (Å²) in [5, 5.41) is 3.43. The predicted octanol–water partition coefficient (Wildman–Crippen LogP) is 4.96. The van der Waals surface area contributed by atoms with Crippen molar-refractivity contribution in [2.75, 3.05) is 0 Å². The maximum atomic E-state index is 4.80. The molecule has 1 aliphatic rings. The van der Waals surface area contributed by atoms with Crippen LogP contribution in [0.25, 0.3) is 22.2 Å². The number of pyridine rings is 1. The van der Waals surface area contributed by atoms with Crippen LogP contribution in [0.15, 0.2) is 49.0 Å². The van der Waals surface area contributed by atoms with Crippen LogP contribution in [0.5, 0.6) is 0 Å². The lowest BCUT2D eigenvalue weighted by Crippen LogP contribution is -2.02. The van der Waals surface area contributed by atoms with E-state index in [1.165, 1.54) is 34.7 Å². The number of rotatable bonds is 0. The second-order valence-corrected chi connectivity index (χ2v) is 8.66. The molecular formula is C17H10BrN5S2. The van der Waals surface area contributed by atoms with Gasteiger partial charge >= 0.3 is 0 Å². The van der Waals surface area contributed by atoms with E-state index in [0.29, 0.717) is 5.65 Å². The van der Waals surface area contributed by atoms with Crippen molar-refractivity contribution >= 4 is 61.7 Å². The molecule has 8 heteroatoms. The van der Waals surface area contributed by atoms with Crippen molar-refractivity contribution in [1.82, 2.24) is 24.9 Å². The van der Waals surface area contributed by atoms with Crippen molar-refractivity contribution in [2.24, 2.45) is 0 Å². The molecule has 0 saturated carbocycles. The Morgan fingerprint density at radius 1 is 0.720 bits per heavy atom. The number of hydrogen-bond acceptors (Lipinski definition) is 7. The lowest BCUT2D eigenvalue weighted by atomic mass is 10.1. The minimum absolute atomic E-state index is 0.638. The number of nitrogens with zero attached hydrogens (tertiary/aromatic N) is 5. The molecule has 5 rings (SSSR count). The van der Waals surface area contributed by atoms with E-state index in [9.17, 15) is 0 Å². The molecule has 5 nitrogen and oxygen atoms in total. The van der Waals surface area contributed by atoms with E-state index < -0.39 is 0 Å². The van der Waals surface area contributed by atoms with E-state index in [2.05, 4.69) is 51.9 Å². The molecule has 0 amide bonds. The van der Waals surface area contributed by atoms with E-state index in [1.807, 2.05) is 6.07 Å². The van der Waals surface area contributed by atoms with Crippen molar-refractivity contribution in [2.45, 2.75) is 34.0 Å². The van der Waals surface area contributed by atoms with Crippen molar-refractivity contribution in [3.8, 4) is 0 Å². The first-order valence-electron chi connectivity index (χ1n) is 7.55. The molecule has 0 atom stereocenters. The third-order valence-electron chi connectivity index (χ3n) is 4.03. The monoisotopic (exact) mass is 427 g/mol. The molecule has 1 aromatic carbocycles. The van der Waals surface area contributed by atoms with Crippen molar-refractivity contribution in [3.63, 3.8) is 0 Å². The first-order valence-corrected chi connectivity index (χ1v) is 9.97. The summed E-state index contributed by atoms with van der Waals surface area (Å²) < 4.78 is 0.889. The molecule has 0 saturated heterocycles. The number of fused-ring (bicyclic) bond motifs is 4. The second kappa shape index (κ2) is 5.62. The SMILES string of the molecule is Cc1cc2nc3c(nc2cc1C)Sc1nc2ncc(Br)cc2nc1S3. The highest BCUT2D eigenvalue weighted by atomic mass is 79.9. The summed E-state index contributed by atoms with van der Waals surface area (Å²) in [5.41, 5.74) is 5.67. The predicted molar refractivity (Wildman–Crippen MR) is 102 cm³/mol. The molecule has 0 radical (unpaired) electrons. The Morgan fingerprint density at radius 2 is 1.24 bits per heavy atom. The molecule has 4 aromatic rings. The topological polar surface area (TPSA) is 64.5 Å². The molecule has 0 aliphatic carbocycles. The van der Waals surface area contributed by atoms with Crippen LogP contribution in [0, 0.1) is 13.8 Å². The van der Waals surface area contributed by atoms with Gasteiger partial charge in [0, 0.05) is 10.7 Å². The highest BCUT2D eigenvalue weighted by Gasteiger charge is 2.24. The van der Waals surface area contributed by atoms with Crippen LogP contribution in [-0.2, 0) is 0 Å². The van der Waals surface area contributed by atoms with Gasteiger partial charge in [0.25, 0.3) is 0 Å². The largest absolute Gasteiger partial charge is 0.237 e. The van der Waals surface area contributed by atoms with Gasteiger partial charge in [0.05, 0.1) is 11.0 Å². The Hall–Kier alpha value is -1.77. The van der Waals surface area contributed by atoms with E-state index in [4.69, 9.17) is 15.0 Å². The molecule has 0 bridgehead atoms. The summed E-state index contributed by atoms with van der Waals surface area (Å²) in [5.74, 6) is 0. The molecule has 25 heavy (non-hydrogen) atoms. The third kappa shape index (κ3) is 2.59. The number of aromatic nitrogens is 5. The van der Waals surface area contributed by atoms with Gasteiger partial charge in [-0.25, -0.2) is 24.9 Å². The molecular weight excluding hydrogens is 418 g/mol. The molecule has 3 aromatic heterocycles. The lowest BCUT2D eigenvalue weighted by Gasteiger charge is -2.16. The fourth-order valence-corrected chi connectivity index (χ4v) is 4.90. The highest BCUT2D eigenvalue weighted by Crippen LogP contribution is 2.45. The summed E-state index contributed by atoms with van der Waals surface area (Å²) in [6.07, 6.45) is 1.73. The number of hydrogen-bond donors (Lipinski definition) is 0. The maximum Gasteiger partial charge on any atom is 0.179 e. The Bertz CT molecular complexity index is 1190. The van der Waals surface area contributed by atoms with Gasteiger partial charge in [-0.1, -0.05) is 0 Å². The van der Waals surface area contributed by atoms with Gasteiger partial charge in [-0.3, -0.25) is 0 Å². The van der Waals surface area contributed by atoms with E-state index in [0.717, 1.165) is 41.1 Å². The van der Waals surface area contributed by atoms with Gasteiger partial charge in [-0.15, -0.1) is 0 Å². The fraction of sp³-hybridized carbons (Fsp3) is 0.118. The summed E-state index contributed by atoms with van der Waals surface area (Å²) in [6.45, 7) is 4.18. The van der Waals surface area contributed by atoms with Crippen LogP contribution in [0.4, 0.5) is 0 Å². The van der Waals surface area contributed by atoms with Gasteiger partial charge in [-0.2, -0.15) is 0 Å². The Morgan fingerprint density at radius 3 is 1.84 bits per heavy atom. The Labute approximate surface area is 160 Å². The summed E-state index contributed by atoms with van der Waals surface area (Å²) in [4.78, 5) is 23.3. The normalized spacial score (nSPS) is 13.1. The standard InChI is InChI=1S/C17H10BrN5S2/c1-7-3-10-11(4-8(7)2)21-15-14(20-10)24-16-17(25-15)23-13-12(22-16)5-9(18)6-19-13/h3-6H,1-2H3. The minimum Gasteiger partial charge on any atom is -0.237 e. The first-order chi connectivity index (χ1) is 12.1. The summed E-state index contributed by atoms with van der Waals surface area (Å²) >= 11 is 6.45. The van der Waals surface area contributed by atoms with E-state index in [-0.39, 0.29) is 0 Å². The number of aryl methyl sites for hydroxylation is 2. The minimum atomic E-state index is 0.638. The quantitative estimate of drug-likeness (QED) is 0.345. The van der Waals surface area contributed by atoms with Crippen LogP contribution in [-0.4, -0.2) is 24.9 Å². The summed E-state index contributed by atoms with van der Waals surface area (Å²) in [6, 6.07) is 6.10. The zero-order valence-electron chi connectivity index (χ0n) is 13.2. The van der Waals surface area contributed by atoms with Crippen LogP contribution in [0.3, 0.4) is 0 Å². The fourth-order valence-electron chi connectivity index (χ4n) is 2.62. The average molecular weight is 428 g/mol. The molecule has 0 N–H and O–H groups in total. The summed E-state index contributed by atoms with van der Waals surface area (Å²) in [7, 11) is 0. The maximum absolute atomic E-state index is 4.80. The Kier molecular flexibility index (Phi) is 3.48. The smallest absolute Gasteiger partial charge is 0.179 e. The van der Waals surface area contributed by atoms with Gasteiger partial charge in [0.15, 0.2) is 5.65 Å². The van der Waals surface area contributed by atoms with Gasteiger partial charge in [-0.05, 0) is 82.6 Å². The average Bonchev–Trinajstić information content (AvgIpc) is 2.58. The van der Waals surface area contributed by atoms with Crippen LogP contribution < -0.4 is 0 Å². The van der Waals surface area contributed by atoms with Crippen LogP contribution in [0.1, 0.15) is 11.1 Å². The van der Waals surface area contributed by atoms with E-state index >= 15 is 0 Å². The van der Waals surface area contributed by atoms with E-state index in [1.54, 1.807) is 6.20 Å². The molecule has 1 aliphatic heterocycles. The van der Waals surface area contributed by atoms with Gasteiger partial charge in [0.1, 0.15) is 25.6 Å². The zero-order chi connectivity index (χ0) is 17.1. The molecule has 0 spiro atoms. The lowest BCUT2D eigenvalue weighted by molar-refractivity contribution is 0.894. The van der Waals surface area contributed by atoms with Crippen molar-refractivity contribution in [3.05, 3.63) is 40.0 Å². The van der Waals surface area contributed by atoms with Crippen LogP contribution >= 0.6 is 39.5 Å². The van der Waals surface area contributed by atoms with Crippen LogP contribution in [0.2, 0.25) is 0 Å². The highest BCUT2D eigenvalue weighted by molar-refractivity contribution is 9.10. The number of benzene rings is 1. The van der Waals surface area contributed by atoms with Gasteiger partial charge in [0.2, 0.25) is 0 Å². The van der Waals surface area contributed by atoms with Crippen molar-refractivity contribution in [1.29, 1.82) is 0 Å². The van der Waals surface area contributed by atoms with Gasteiger partial charge < -0.3 is 0 Å². The molecule has 4 heterocycles.